The second kappa shape index (κ2) is 5.50. The average molecular weight is 326 g/mol. The number of aromatic nitrogens is 2. The Morgan fingerprint density at radius 1 is 1.53 bits per heavy atom. The Labute approximate surface area is 118 Å². The Kier molecular flexibility index (Phi) is 3.96. The molecule has 1 heterocycles. The topological polar surface area (TPSA) is 81.2 Å². The van der Waals surface area contributed by atoms with Gasteiger partial charge in [0.25, 0.3) is 0 Å². The van der Waals surface area contributed by atoms with Crippen LogP contribution in [0, 0.1) is 17.0 Å². The van der Waals surface area contributed by atoms with Crippen molar-refractivity contribution in [3.63, 3.8) is 0 Å². The molecule has 0 unspecified atom stereocenters. The molecule has 1 atom stereocenters. The van der Waals surface area contributed by atoms with Gasteiger partial charge < -0.3 is 15.2 Å². The fraction of sp³-hybridized carbons (Fsp3) is 0.250. The molecule has 1 aromatic heterocycles. The molecule has 2 rings (SSSR count). The number of rotatable bonds is 4. The van der Waals surface area contributed by atoms with Crippen molar-refractivity contribution in [2.24, 2.45) is 0 Å². The van der Waals surface area contributed by atoms with Crippen LogP contribution in [0.3, 0.4) is 0 Å². The molecule has 0 saturated heterocycles. The van der Waals surface area contributed by atoms with E-state index in [1.807, 2.05) is 12.1 Å². The maximum Gasteiger partial charge on any atom is 0.390 e. The molecule has 0 aliphatic rings. The summed E-state index contributed by atoms with van der Waals surface area (Å²) in [6.07, 6.45) is -0.768. The normalized spacial score (nSPS) is 12.4. The smallest absolute Gasteiger partial charge is 0.386 e. The zero-order valence-corrected chi connectivity index (χ0v) is 11.7. The molecule has 2 aromatic rings. The molecule has 6 nitrogen and oxygen atoms in total. The minimum Gasteiger partial charge on any atom is -0.386 e. The molecule has 0 spiro atoms. The largest absolute Gasteiger partial charge is 0.390 e. The van der Waals surface area contributed by atoms with E-state index in [9.17, 15) is 15.2 Å². The van der Waals surface area contributed by atoms with Gasteiger partial charge in [-0.05, 0) is 29.5 Å². The number of halogens is 1. The lowest BCUT2D eigenvalue weighted by atomic mass is 10.1. The summed E-state index contributed by atoms with van der Waals surface area (Å²) in [6, 6.07) is 8.66. The van der Waals surface area contributed by atoms with Crippen LogP contribution in [-0.2, 0) is 6.54 Å². The number of benzene rings is 1. The van der Waals surface area contributed by atoms with E-state index in [0.717, 1.165) is 10.0 Å². The van der Waals surface area contributed by atoms with Gasteiger partial charge in [-0.3, -0.25) is 0 Å². The van der Waals surface area contributed by atoms with Gasteiger partial charge in [0.05, 0.1) is 23.4 Å². The third-order valence-electron chi connectivity index (χ3n) is 2.73. The van der Waals surface area contributed by atoms with Crippen molar-refractivity contribution in [2.45, 2.75) is 19.6 Å². The monoisotopic (exact) mass is 325 g/mol. The second-order valence-corrected chi connectivity index (χ2v) is 5.07. The Morgan fingerprint density at radius 3 is 2.84 bits per heavy atom. The van der Waals surface area contributed by atoms with Gasteiger partial charge in [0.15, 0.2) is 0 Å². The summed E-state index contributed by atoms with van der Waals surface area (Å²) >= 11 is 3.33. The lowest BCUT2D eigenvalue weighted by Crippen LogP contribution is -2.11. The van der Waals surface area contributed by atoms with Gasteiger partial charge in [0, 0.05) is 4.47 Å². The average Bonchev–Trinajstić information content (AvgIpc) is 2.71. The Hall–Kier alpha value is -1.73. The maximum atomic E-state index is 10.6. The van der Waals surface area contributed by atoms with E-state index >= 15 is 0 Å². The molecular formula is C12H12BrN3O3. The molecular weight excluding hydrogens is 314 g/mol. The third-order valence-corrected chi connectivity index (χ3v) is 3.23. The Bertz CT molecular complexity index is 612. The number of hydrogen-bond acceptors (Lipinski definition) is 4. The number of nitrogens with zero attached hydrogens (tertiary/aromatic N) is 3. The van der Waals surface area contributed by atoms with Crippen LogP contribution in [0.4, 0.5) is 5.82 Å². The molecule has 0 aliphatic heterocycles. The summed E-state index contributed by atoms with van der Waals surface area (Å²) in [5.74, 6) is -0.209. The van der Waals surface area contributed by atoms with E-state index in [-0.39, 0.29) is 12.4 Å². The van der Waals surface area contributed by atoms with E-state index < -0.39 is 11.0 Å². The van der Waals surface area contributed by atoms with Crippen molar-refractivity contribution in [3.8, 4) is 0 Å². The zero-order chi connectivity index (χ0) is 14.0. The summed E-state index contributed by atoms with van der Waals surface area (Å²) in [7, 11) is 0. The maximum absolute atomic E-state index is 10.6. The SMILES string of the molecule is Cc1cc([N+](=O)[O-])nn1C[C@H](O)c1cccc(Br)c1. The van der Waals surface area contributed by atoms with E-state index in [1.165, 1.54) is 10.7 Å². The summed E-state index contributed by atoms with van der Waals surface area (Å²) in [5, 5.41) is 24.6. The van der Waals surface area contributed by atoms with Gasteiger partial charge in [0.1, 0.15) is 6.10 Å². The van der Waals surface area contributed by atoms with E-state index in [0.29, 0.717) is 5.69 Å². The number of aryl methyl sites for hydroxylation is 1. The summed E-state index contributed by atoms with van der Waals surface area (Å²) in [4.78, 5) is 10.1. The molecule has 1 aromatic carbocycles. The van der Waals surface area contributed by atoms with Crippen LogP contribution < -0.4 is 0 Å². The molecule has 0 saturated carbocycles. The molecule has 0 fully saturated rings. The van der Waals surface area contributed by atoms with Crippen molar-refractivity contribution < 1.29 is 10.0 Å². The van der Waals surface area contributed by atoms with Crippen molar-refractivity contribution in [1.82, 2.24) is 9.78 Å². The quantitative estimate of drug-likeness (QED) is 0.692. The summed E-state index contributed by atoms with van der Waals surface area (Å²) in [6.45, 7) is 1.89. The van der Waals surface area contributed by atoms with Crippen molar-refractivity contribution in [2.75, 3.05) is 0 Å². The molecule has 19 heavy (non-hydrogen) atoms. The fourth-order valence-electron chi connectivity index (χ4n) is 1.75. The van der Waals surface area contributed by atoms with Crippen LogP contribution in [0.15, 0.2) is 34.8 Å². The van der Waals surface area contributed by atoms with Gasteiger partial charge in [-0.25, -0.2) is 0 Å². The lowest BCUT2D eigenvalue weighted by molar-refractivity contribution is -0.389. The number of aliphatic hydroxyl groups excluding tert-OH is 1. The first-order valence-corrected chi connectivity index (χ1v) is 6.39. The number of nitro groups is 1. The fourth-order valence-corrected chi connectivity index (χ4v) is 2.17. The molecule has 7 heteroatoms. The van der Waals surface area contributed by atoms with Crippen LogP contribution in [-0.4, -0.2) is 19.8 Å². The van der Waals surface area contributed by atoms with Gasteiger partial charge in [0.2, 0.25) is 0 Å². The Balaban J connectivity index is 2.19. The molecule has 100 valence electrons. The van der Waals surface area contributed by atoms with Gasteiger partial charge in [-0.1, -0.05) is 28.1 Å². The van der Waals surface area contributed by atoms with Crippen LogP contribution in [0.1, 0.15) is 17.4 Å². The van der Waals surface area contributed by atoms with Crippen molar-refractivity contribution in [1.29, 1.82) is 0 Å². The highest BCUT2D eigenvalue weighted by atomic mass is 79.9. The minimum absolute atomic E-state index is 0.177. The minimum atomic E-state index is -0.768. The van der Waals surface area contributed by atoms with E-state index in [1.54, 1.807) is 19.1 Å². The predicted molar refractivity (Wildman–Crippen MR) is 72.7 cm³/mol. The molecule has 1 N–H and O–H groups in total. The predicted octanol–water partition coefficient (Wildman–Crippen LogP) is 2.60. The third kappa shape index (κ3) is 3.18. The highest BCUT2D eigenvalue weighted by Gasteiger charge is 2.18. The molecule has 0 radical (unpaired) electrons. The first-order chi connectivity index (χ1) is 8.97. The molecule has 0 amide bonds. The van der Waals surface area contributed by atoms with Crippen LogP contribution in [0.5, 0.6) is 0 Å². The lowest BCUT2D eigenvalue weighted by Gasteiger charge is -2.10. The van der Waals surface area contributed by atoms with Crippen LogP contribution >= 0.6 is 15.9 Å². The van der Waals surface area contributed by atoms with Gasteiger partial charge in [-0.15, -0.1) is 0 Å². The molecule has 0 aliphatic carbocycles. The standard InChI is InChI=1S/C12H12BrN3O3/c1-8-5-12(16(18)19)14-15(8)7-11(17)9-3-2-4-10(13)6-9/h2-6,11,17H,7H2,1H3/t11-/m0/s1. The van der Waals surface area contributed by atoms with Crippen LogP contribution in [0.2, 0.25) is 0 Å². The van der Waals surface area contributed by atoms with Crippen molar-refractivity contribution in [3.05, 3.63) is 56.2 Å². The van der Waals surface area contributed by atoms with Crippen molar-refractivity contribution >= 4 is 21.7 Å². The zero-order valence-electron chi connectivity index (χ0n) is 10.2. The summed E-state index contributed by atoms with van der Waals surface area (Å²) in [5.41, 5.74) is 1.37. The van der Waals surface area contributed by atoms with Gasteiger partial charge >= 0.3 is 5.82 Å². The first kappa shape index (κ1) is 13.7. The number of hydrogen-bond donors (Lipinski definition) is 1. The summed E-state index contributed by atoms with van der Waals surface area (Å²) < 4.78 is 2.30. The number of aliphatic hydroxyl groups is 1. The highest BCUT2D eigenvalue weighted by Crippen LogP contribution is 2.21. The van der Waals surface area contributed by atoms with Gasteiger partial charge in [-0.2, -0.15) is 4.68 Å². The second-order valence-electron chi connectivity index (χ2n) is 4.15. The Morgan fingerprint density at radius 2 is 2.26 bits per heavy atom. The van der Waals surface area contributed by atoms with E-state index in [2.05, 4.69) is 21.0 Å². The van der Waals surface area contributed by atoms with E-state index in [4.69, 9.17) is 0 Å². The first-order valence-electron chi connectivity index (χ1n) is 5.60. The molecule has 0 bridgehead atoms. The van der Waals surface area contributed by atoms with Crippen LogP contribution in [0.25, 0.3) is 0 Å². The highest BCUT2D eigenvalue weighted by molar-refractivity contribution is 9.10.